The molecule has 0 radical (unpaired) electrons. The third-order valence-electron chi connectivity index (χ3n) is 5.36. The molecule has 0 unspecified atom stereocenters. The minimum absolute atomic E-state index is 0.0995. The molecule has 3 rings (SSSR count). The van der Waals surface area contributed by atoms with Crippen LogP contribution in [0.4, 0.5) is 5.82 Å². The van der Waals surface area contributed by atoms with Crippen LogP contribution in [0, 0.1) is 24.2 Å². The van der Waals surface area contributed by atoms with Gasteiger partial charge in [0.05, 0.1) is 4.91 Å². The summed E-state index contributed by atoms with van der Waals surface area (Å²) in [6, 6.07) is 2.05. The third kappa shape index (κ3) is 4.46. The fourth-order valence-corrected chi connectivity index (χ4v) is 5.77. The molecule has 1 amide bonds. The summed E-state index contributed by atoms with van der Waals surface area (Å²) < 4.78 is 2.11. The number of thioether (sulfide) groups is 2. The lowest BCUT2D eigenvalue weighted by Crippen LogP contribution is -2.38. The molecule has 0 bridgehead atoms. The standard InChI is InChI=1S/C21H26N4O2S3/c1-13(2)5-6-25-20(27)17(30-21(25)28)11-15-14(3)16(12-22)19(26)23(4)18(15)24-7-9-29-10-8-24/h11,13H,5-10H2,1-4H3. The first-order chi connectivity index (χ1) is 14.3. The van der Waals surface area contributed by atoms with Gasteiger partial charge >= 0.3 is 0 Å². The van der Waals surface area contributed by atoms with Crippen LogP contribution >= 0.6 is 35.7 Å². The molecule has 6 nitrogen and oxygen atoms in total. The Kier molecular flexibility index (Phi) is 7.32. The van der Waals surface area contributed by atoms with E-state index in [0.717, 1.165) is 42.4 Å². The average Bonchev–Trinajstić information content (AvgIpc) is 2.98. The van der Waals surface area contributed by atoms with Gasteiger partial charge in [0, 0.05) is 43.8 Å². The lowest BCUT2D eigenvalue weighted by molar-refractivity contribution is -0.122. The van der Waals surface area contributed by atoms with Gasteiger partial charge < -0.3 is 4.90 Å². The van der Waals surface area contributed by atoms with E-state index < -0.39 is 0 Å². The van der Waals surface area contributed by atoms with Gasteiger partial charge in [-0.2, -0.15) is 17.0 Å². The van der Waals surface area contributed by atoms with Crippen molar-refractivity contribution in [3.8, 4) is 6.07 Å². The monoisotopic (exact) mass is 462 g/mol. The van der Waals surface area contributed by atoms with Crippen LogP contribution in [0.1, 0.15) is 37.0 Å². The molecule has 0 N–H and O–H groups in total. The number of carbonyl (C=O) groups is 1. The summed E-state index contributed by atoms with van der Waals surface area (Å²) in [5, 5.41) is 9.57. The first-order valence-electron chi connectivity index (χ1n) is 9.98. The smallest absolute Gasteiger partial charge is 0.270 e. The molecule has 0 aromatic carbocycles. The number of thiocarbonyl (C=S) groups is 1. The lowest BCUT2D eigenvalue weighted by Gasteiger charge is -2.32. The molecule has 0 saturated carbocycles. The molecular weight excluding hydrogens is 436 g/mol. The molecule has 0 aliphatic carbocycles. The summed E-state index contributed by atoms with van der Waals surface area (Å²) in [4.78, 5) is 30.2. The van der Waals surface area contributed by atoms with E-state index >= 15 is 0 Å². The Bertz CT molecular complexity index is 1000. The average molecular weight is 463 g/mol. The van der Waals surface area contributed by atoms with Gasteiger partial charge in [-0.05, 0) is 30.9 Å². The molecule has 9 heteroatoms. The van der Waals surface area contributed by atoms with E-state index in [-0.39, 0.29) is 17.0 Å². The zero-order valence-corrected chi connectivity index (χ0v) is 20.2. The molecule has 2 aliphatic rings. The zero-order chi connectivity index (χ0) is 22.0. The van der Waals surface area contributed by atoms with Gasteiger partial charge in [-0.15, -0.1) is 0 Å². The predicted octanol–water partition coefficient (Wildman–Crippen LogP) is 3.37. The topological polar surface area (TPSA) is 69.3 Å². The summed E-state index contributed by atoms with van der Waals surface area (Å²) in [7, 11) is 1.70. The first kappa shape index (κ1) is 22.9. The Hall–Kier alpha value is -1.76. The van der Waals surface area contributed by atoms with Crippen LogP contribution in [0.15, 0.2) is 9.70 Å². The SMILES string of the molecule is Cc1c(C=C2SC(=S)N(CCC(C)C)C2=O)c(N2CCSCC2)n(C)c(=O)c1C#N. The number of carbonyl (C=O) groups excluding carboxylic acids is 1. The van der Waals surface area contributed by atoms with Gasteiger partial charge in [-0.1, -0.05) is 37.8 Å². The van der Waals surface area contributed by atoms with Gasteiger partial charge in [0.25, 0.3) is 11.5 Å². The number of hydrogen-bond donors (Lipinski definition) is 0. The van der Waals surface area contributed by atoms with Crippen LogP contribution in [-0.4, -0.2) is 50.8 Å². The molecule has 1 aromatic rings. The second-order valence-corrected chi connectivity index (χ2v) is 10.7. The van der Waals surface area contributed by atoms with Crippen molar-refractivity contribution in [1.82, 2.24) is 9.47 Å². The number of rotatable bonds is 5. The van der Waals surface area contributed by atoms with Gasteiger partial charge in [0.15, 0.2) is 0 Å². The minimum atomic E-state index is -0.301. The normalized spacial score (nSPS) is 18.6. The number of nitrogens with zero attached hydrogens (tertiary/aromatic N) is 4. The highest BCUT2D eigenvalue weighted by Crippen LogP contribution is 2.36. The number of amides is 1. The summed E-state index contributed by atoms with van der Waals surface area (Å²) in [5.74, 6) is 3.10. The molecule has 30 heavy (non-hydrogen) atoms. The van der Waals surface area contributed by atoms with Gasteiger partial charge in [-0.25, -0.2) is 0 Å². The van der Waals surface area contributed by atoms with Crippen molar-refractivity contribution in [3.05, 3.63) is 31.9 Å². The maximum absolute atomic E-state index is 13.0. The fraction of sp³-hybridized carbons (Fsp3) is 0.524. The fourth-order valence-electron chi connectivity index (χ4n) is 3.58. The number of aromatic nitrogens is 1. The largest absolute Gasteiger partial charge is 0.356 e. The molecule has 0 atom stereocenters. The lowest BCUT2D eigenvalue weighted by atomic mass is 10.0. The number of anilines is 1. The second-order valence-electron chi connectivity index (χ2n) is 7.83. The highest BCUT2D eigenvalue weighted by molar-refractivity contribution is 8.26. The molecule has 3 heterocycles. The van der Waals surface area contributed by atoms with Crippen LogP contribution in [0.5, 0.6) is 0 Å². The van der Waals surface area contributed by atoms with Crippen molar-refractivity contribution < 1.29 is 4.79 Å². The predicted molar refractivity (Wildman–Crippen MR) is 130 cm³/mol. The van der Waals surface area contributed by atoms with Gasteiger partial charge in [-0.3, -0.25) is 19.1 Å². The van der Waals surface area contributed by atoms with E-state index in [2.05, 4.69) is 18.7 Å². The minimum Gasteiger partial charge on any atom is -0.356 e. The summed E-state index contributed by atoms with van der Waals surface area (Å²) >= 11 is 8.63. The Balaban J connectivity index is 2.10. The molecule has 2 aliphatic heterocycles. The maximum Gasteiger partial charge on any atom is 0.270 e. The maximum atomic E-state index is 13.0. The van der Waals surface area contributed by atoms with Crippen LogP contribution in [0.2, 0.25) is 0 Å². The highest BCUT2D eigenvalue weighted by atomic mass is 32.2. The Morgan fingerprint density at radius 3 is 2.53 bits per heavy atom. The molecular formula is C21H26N4O2S3. The Morgan fingerprint density at radius 1 is 1.27 bits per heavy atom. The molecule has 1 aromatic heterocycles. The van der Waals surface area contributed by atoms with E-state index in [1.54, 1.807) is 23.4 Å². The molecule has 160 valence electrons. The van der Waals surface area contributed by atoms with Crippen LogP contribution in [0.3, 0.4) is 0 Å². The van der Waals surface area contributed by atoms with Crippen molar-refractivity contribution >= 4 is 57.9 Å². The number of pyridine rings is 1. The van der Waals surface area contributed by atoms with E-state index in [4.69, 9.17) is 12.2 Å². The number of nitriles is 1. The van der Waals surface area contributed by atoms with Crippen molar-refractivity contribution in [3.63, 3.8) is 0 Å². The summed E-state index contributed by atoms with van der Waals surface area (Å²) in [6.07, 6.45) is 2.70. The van der Waals surface area contributed by atoms with E-state index in [1.807, 2.05) is 23.9 Å². The van der Waals surface area contributed by atoms with Crippen molar-refractivity contribution in [2.45, 2.75) is 27.2 Å². The van der Waals surface area contributed by atoms with Crippen molar-refractivity contribution in [1.29, 1.82) is 5.26 Å². The molecule has 2 saturated heterocycles. The highest BCUT2D eigenvalue weighted by Gasteiger charge is 2.33. The van der Waals surface area contributed by atoms with Crippen LogP contribution in [0.25, 0.3) is 6.08 Å². The molecule has 2 fully saturated rings. The second kappa shape index (κ2) is 9.58. The van der Waals surface area contributed by atoms with Crippen LogP contribution in [-0.2, 0) is 11.8 Å². The van der Waals surface area contributed by atoms with Gasteiger partial charge in [0.2, 0.25) is 0 Å². The van der Waals surface area contributed by atoms with Crippen molar-refractivity contribution in [2.24, 2.45) is 13.0 Å². The van der Waals surface area contributed by atoms with Gasteiger partial charge in [0.1, 0.15) is 21.8 Å². The Labute approximate surface area is 191 Å². The molecule has 0 spiro atoms. The van der Waals surface area contributed by atoms with E-state index in [9.17, 15) is 14.9 Å². The third-order valence-corrected chi connectivity index (χ3v) is 7.68. The quantitative estimate of drug-likeness (QED) is 0.491. The van der Waals surface area contributed by atoms with Crippen LogP contribution < -0.4 is 10.5 Å². The summed E-state index contributed by atoms with van der Waals surface area (Å²) in [6.45, 7) is 8.26. The first-order valence-corrected chi connectivity index (χ1v) is 12.4. The Morgan fingerprint density at radius 2 is 1.93 bits per heavy atom. The van der Waals surface area contributed by atoms with Crippen molar-refractivity contribution in [2.75, 3.05) is 36.0 Å². The number of hydrogen-bond acceptors (Lipinski definition) is 7. The van der Waals surface area contributed by atoms with E-state index in [1.165, 1.54) is 11.8 Å². The zero-order valence-electron chi connectivity index (χ0n) is 17.7. The summed E-state index contributed by atoms with van der Waals surface area (Å²) in [5.41, 5.74) is 1.19. The van der Waals surface area contributed by atoms with E-state index in [0.29, 0.717) is 27.3 Å².